The Morgan fingerprint density at radius 3 is 2.89 bits per heavy atom. The number of pyridine rings is 1. The lowest BCUT2D eigenvalue weighted by Gasteiger charge is -2.07. The molecule has 1 aromatic heterocycles. The predicted molar refractivity (Wildman–Crippen MR) is 67.4 cm³/mol. The number of nitrogens with zero attached hydrogens (tertiary/aromatic N) is 2. The van der Waals surface area contributed by atoms with E-state index >= 15 is 0 Å². The van der Waals surface area contributed by atoms with Gasteiger partial charge in [0.05, 0.1) is 5.56 Å². The number of hydrogen-bond acceptors (Lipinski definition) is 3. The quantitative estimate of drug-likeness (QED) is 0.898. The minimum atomic E-state index is -0.500. The predicted octanol–water partition coefficient (Wildman–Crippen LogP) is 3.01. The smallest absolute Gasteiger partial charge is 0.141 e. The lowest BCUT2D eigenvalue weighted by atomic mass is 10.2. The molecule has 2 rings (SSSR count). The van der Waals surface area contributed by atoms with Crippen molar-refractivity contribution in [2.45, 2.75) is 13.5 Å². The molecular weight excluding hydrogens is 229 g/mol. The zero-order valence-corrected chi connectivity index (χ0v) is 9.94. The summed E-state index contributed by atoms with van der Waals surface area (Å²) in [5.74, 6) is -0.500. The van der Waals surface area contributed by atoms with E-state index in [1.54, 1.807) is 18.5 Å². The van der Waals surface area contributed by atoms with E-state index in [1.807, 2.05) is 19.1 Å². The number of benzene rings is 1. The zero-order valence-electron chi connectivity index (χ0n) is 9.94. The van der Waals surface area contributed by atoms with Crippen LogP contribution in [0, 0.1) is 24.1 Å². The van der Waals surface area contributed by atoms with E-state index in [0.717, 1.165) is 16.8 Å². The second-order valence-electron chi connectivity index (χ2n) is 4.03. The highest BCUT2D eigenvalue weighted by atomic mass is 19.1. The maximum Gasteiger partial charge on any atom is 0.141 e. The van der Waals surface area contributed by atoms with Crippen LogP contribution < -0.4 is 5.32 Å². The zero-order chi connectivity index (χ0) is 13.0. The molecular formula is C14H12FN3. The van der Waals surface area contributed by atoms with Crippen LogP contribution in [0.3, 0.4) is 0 Å². The largest absolute Gasteiger partial charge is 0.381 e. The van der Waals surface area contributed by atoms with Gasteiger partial charge in [-0.05, 0) is 36.2 Å². The molecule has 0 amide bonds. The Labute approximate surface area is 105 Å². The molecule has 4 heteroatoms. The van der Waals surface area contributed by atoms with Crippen molar-refractivity contribution in [2.75, 3.05) is 5.32 Å². The first kappa shape index (κ1) is 12.1. The van der Waals surface area contributed by atoms with Gasteiger partial charge < -0.3 is 5.32 Å². The molecule has 0 saturated carbocycles. The molecule has 0 aliphatic heterocycles. The average Bonchev–Trinajstić information content (AvgIpc) is 2.38. The molecule has 18 heavy (non-hydrogen) atoms. The summed E-state index contributed by atoms with van der Waals surface area (Å²) in [6.45, 7) is 2.56. The van der Waals surface area contributed by atoms with Gasteiger partial charge in [0.25, 0.3) is 0 Å². The topological polar surface area (TPSA) is 48.7 Å². The highest BCUT2D eigenvalue weighted by Crippen LogP contribution is 2.15. The molecule has 0 spiro atoms. The van der Waals surface area contributed by atoms with E-state index in [-0.39, 0.29) is 5.56 Å². The van der Waals surface area contributed by atoms with Crippen LogP contribution in [0.1, 0.15) is 16.7 Å². The minimum Gasteiger partial charge on any atom is -0.381 e. The van der Waals surface area contributed by atoms with Crippen LogP contribution in [-0.2, 0) is 6.54 Å². The molecule has 0 saturated heterocycles. The summed E-state index contributed by atoms with van der Waals surface area (Å²) in [4.78, 5) is 4.09. The number of hydrogen-bond donors (Lipinski definition) is 1. The molecule has 0 bridgehead atoms. The van der Waals surface area contributed by atoms with E-state index in [9.17, 15) is 4.39 Å². The summed E-state index contributed by atoms with van der Waals surface area (Å²) < 4.78 is 13.1. The van der Waals surface area contributed by atoms with E-state index in [1.165, 1.54) is 12.1 Å². The first-order valence-corrected chi connectivity index (χ1v) is 5.53. The third kappa shape index (κ3) is 2.83. The molecule has 2 aromatic rings. The standard InChI is InChI=1S/C14H12FN3/c1-10-4-11(8-17-7-10)9-18-13-2-3-14(15)12(5-13)6-16/h2-5,7-8,18H,9H2,1H3. The van der Waals surface area contributed by atoms with Gasteiger partial charge in [-0.1, -0.05) is 6.07 Å². The summed E-state index contributed by atoms with van der Waals surface area (Å²) in [6.07, 6.45) is 3.56. The molecule has 0 aliphatic carbocycles. The number of anilines is 1. The Balaban J connectivity index is 2.09. The maximum atomic E-state index is 13.1. The Hall–Kier alpha value is -2.41. The van der Waals surface area contributed by atoms with Gasteiger partial charge >= 0.3 is 0 Å². The van der Waals surface area contributed by atoms with E-state index < -0.39 is 5.82 Å². The van der Waals surface area contributed by atoms with Crippen molar-refractivity contribution in [1.82, 2.24) is 4.98 Å². The Kier molecular flexibility index (Phi) is 3.54. The third-order valence-electron chi connectivity index (χ3n) is 2.52. The molecule has 0 atom stereocenters. The van der Waals surface area contributed by atoms with Gasteiger partial charge in [-0.15, -0.1) is 0 Å². The van der Waals surface area contributed by atoms with Crippen LogP contribution >= 0.6 is 0 Å². The first-order valence-electron chi connectivity index (χ1n) is 5.53. The van der Waals surface area contributed by atoms with E-state index in [0.29, 0.717) is 6.54 Å². The van der Waals surface area contributed by atoms with Crippen LogP contribution in [0.4, 0.5) is 10.1 Å². The van der Waals surface area contributed by atoms with Gasteiger partial charge in [0.15, 0.2) is 0 Å². The Bertz CT molecular complexity index is 602. The minimum absolute atomic E-state index is 0.0439. The fraction of sp³-hybridized carbons (Fsp3) is 0.143. The van der Waals surface area contributed by atoms with Crippen LogP contribution in [0.25, 0.3) is 0 Å². The third-order valence-corrected chi connectivity index (χ3v) is 2.52. The second kappa shape index (κ2) is 5.28. The van der Waals surface area contributed by atoms with Gasteiger partial charge in [0.2, 0.25) is 0 Å². The summed E-state index contributed by atoms with van der Waals surface area (Å²) in [5, 5.41) is 11.9. The molecule has 1 N–H and O–H groups in total. The molecule has 0 unspecified atom stereocenters. The van der Waals surface area contributed by atoms with Crippen molar-refractivity contribution in [3.63, 3.8) is 0 Å². The lowest BCUT2D eigenvalue weighted by Crippen LogP contribution is -2.01. The second-order valence-corrected chi connectivity index (χ2v) is 4.03. The van der Waals surface area contributed by atoms with Gasteiger partial charge in [0, 0.05) is 24.6 Å². The van der Waals surface area contributed by atoms with Crippen molar-refractivity contribution in [1.29, 1.82) is 5.26 Å². The van der Waals surface area contributed by atoms with Crippen LogP contribution in [0.2, 0.25) is 0 Å². The van der Waals surface area contributed by atoms with Crippen LogP contribution in [0.15, 0.2) is 36.7 Å². The molecule has 1 heterocycles. The van der Waals surface area contributed by atoms with Crippen molar-refractivity contribution in [3.05, 3.63) is 59.2 Å². The van der Waals surface area contributed by atoms with Crippen LogP contribution in [-0.4, -0.2) is 4.98 Å². The monoisotopic (exact) mass is 241 g/mol. The highest BCUT2D eigenvalue weighted by molar-refractivity contribution is 5.50. The maximum absolute atomic E-state index is 13.1. The first-order chi connectivity index (χ1) is 8.69. The van der Waals surface area contributed by atoms with Crippen molar-refractivity contribution < 1.29 is 4.39 Å². The van der Waals surface area contributed by atoms with Crippen molar-refractivity contribution in [3.8, 4) is 6.07 Å². The van der Waals surface area contributed by atoms with Gasteiger partial charge in [-0.3, -0.25) is 4.98 Å². The van der Waals surface area contributed by atoms with Gasteiger partial charge in [0.1, 0.15) is 11.9 Å². The van der Waals surface area contributed by atoms with Crippen LogP contribution in [0.5, 0.6) is 0 Å². The lowest BCUT2D eigenvalue weighted by molar-refractivity contribution is 0.624. The Morgan fingerprint density at radius 1 is 1.33 bits per heavy atom. The summed E-state index contributed by atoms with van der Waals surface area (Å²) in [6, 6.07) is 8.23. The molecule has 0 fully saturated rings. The van der Waals surface area contributed by atoms with E-state index in [2.05, 4.69) is 10.3 Å². The fourth-order valence-corrected chi connectivity index (χ4v) is 1.64. The number of aromatic nitrogens is 1. The van der Waals surface area contributed by atoms with E-state index in [4.69, 9.17) is 5.26 Å². The van der Waals surface area contributed by atoms with Crippen molar-refractivity contribution in [2.24, 2.45) is 0 Å². The molecule has 90 valence electrons. The number of aryl methyl sites for hydroxylation is 1. The SMILES string of the molecule is Cc1cncc(CNc2ccc(F)c(C#N)c2)c1. The number of nitriles is 1. The Morgan fingerprint density at radius 2 is 2.17 bits per heavy atom. The number of rotatable bonds is 3. The highest BCUT2D eigenvalue weighted by Gasteiger charge is 2.02. The molecule has 3 nitrogen and oxygen atoms in total. The average molecular weight is 241 g/mol. The normalized spacial score (nSPS) is 9.83. The molecule has 0 aliphatic rings. The number of nitrogens with one attached hydrogen (secondary N) is 1. The summed E-state index contributed by atoms with van der Waals surface area (Å²) in [7, 11) is 0. The fourth-order valence-electron chi connectivity index (χ4n) is 1.64. The van der Waals surface area contributed by atoms with Gasteiger partial charge in [-0.25, -0.2) is 4.39 Å². The van der Waals surface area contributed by atoms with Crippen molar-refractivity contribution >= 4 is 5.69 Å². The summed E-state index contributed by atoms with van der Waals surface area (Å²) >= 11 is 0. The number of halogens is 1. The molecule has 0 radical (unpaired) electrons. The van der Waals surface area contributed by atoms with Gasteiger partial charge in [-0.2, -0.15) is 5.26 Å². The molecule has 1 aromatic carbocycles. The summed E-state index contributed by atoms with van der Waals surface area (Å²) in [5.41, 5.74) is 2.89.